The molecule has 1 amide bonds. The molecule has 3 aromatic rings. The average molecular weight is 368 g/mol. The second kappa shape index (κ2) is 6.57. The highest BCUT2D eigenvalue weighted by atomic mass is 35.5. The molecule has 5 nitrogen and oxygen atoms in total. The summed E-state index contributed by atoms with van der Waals surface area (Å²) in [5.74, 6) is 0.992. The van der Waals surface area contributed by atoms with Crippen LogP contribution in [0.3, 0.4) is 0 Å². The fourth-order valence-electron chi connectivity index (χ4n) is 3.20. The Labute approximate surface area is 156 Å². The van der Waals surface area contributed by atoms with Crippen molar-refractivity contribution < 1.29 is 9.32 Å². The normalized spacial score (nSPS) is 17.1. The van der Waals surface area contributed by atoms with Crippen molar-refractivity contribution in [1.29, 1.82) is 0 Å². The number of aryl methyl sites for hydroxylation is 2. The van der Waals surface area contributed by atoms with Crippen molar-refractivity contribution >= 4 is 23.2 Å². The van der Waals surface area contributed by atoms with Crippen LogP contribution >= 0.6 is 11.6 Å². The summed E-state index contributed by atoms with van der Waals surface area (Å²) in [5.41, 5.74) is 3.90. The molecule has 26 heavy (non-hydrogen) atoms. The Hall–Kier alpha value is -2.66. The van der Waals surface area contributed by atoms with Gasteiger partial charge in [0.1, 0.15) is 0 Å². The molecule has 0 radical (unpaired) electrons. The number of aromatic nitrogens is 2. The van der Waals surface area contributed by atoms with E-state index >= 15 is 0 Å². The topological polar surface area (TPSA) is 59.2 Å². The van der Waals surface area contributed by atoms with Crippen LogP contribution in [0, 0.1) is 13.8 Å². The van der Waals surface area contributed by atoms with Gasteiger partial charge in [0.25, 0.3) is 5.89 Å². The van der Waals surface area contributed by atoms with Gasteiger partial charge in [-0.15, -0.1) is 0 Å². The molecule has 1 aromatic heterocycles. The van der Waals surface area contributed by atoms with Gasteiger partial charge in [-0.1, -0.05) is 40.5 Å². The minimum Gasteiger partial charge on any atom is -0.334 e. The second-order valence-electron chi connectivity index (χ2n) is 6.66. The van der Waals surface area contributed by atoms with Gasteiger partial charge in [-0.3, -0.25) is 4.79 Å². The van der Waals surface area contributed by atoms with Crippen LogP contribution in [-0.2, 0) is 4.79 Å². The highest BCUT2D eigenvalue weighted by molar-refractivity contribution is 6.31. The zero-order valence-electron chi connectivity index (χ0n) is 14.6. The largest absolute Gasteiger partial charge is 0.334 e. The first kappa shape index (κ1) is 16.8. The van der Waals surface area contributed by atoms with Crippen molar-refractivity contribution in [3.63, 3.8) is 0 Å². The minimum absolute atomic E-state index is 0.0436. The summed E-state index contributed by atoms with van der Waals surface area (Å²) in [6.45, 7) is 4.52. The lowest BCUT2D eigenvalue weighted by Crippen LogP contribution is -2.25. The Morgan fingerprint density at radius 2 is 1.92 bits per heavy atom. The first-order valence-electron chi connectivity index (χ1n) is 8.48. The van der Waals surface area contributed by atoms with E-state index in [2.05, 4.69) is 10.1 Å². The molecule has 2 heterocycles. The summed E-state index contributed by atoms with van der Waals surface area (Å²) >= 11 is 6.10. The Kier molecular flexibility index (Phi) is 4.24. The molecule has 0 saturated carbocycles. The SMILES string of the molecule is Cc1ccc(-c2nc(C3CC(=O)N(c4cc(Cl)ccc4C)C3)no2)cc1. The zero-order valence-corrected chi connectivity index (χ0v) is 15.3. The fourth-order valence-corrected chi connectivity index (χ4v) is 3.37. The maximum absolute atomic E-state index is 12.5. The molecule has 0 aliphatic carbocycles. The van der Waals surface area contributed by atoms with Gasteiger partial charge in [0.05, 0.1) is 0 Å². The zero-order chi connectivity index (χ0) is 18.3. The summed E-state index contributed by atoms with van der Waals surface area (Å²) in [6, 6.07) is 13.5. The summed E-state index contributed by atoms with van der Waals surface area (Å²) in [5, 5.41) is 4.72. The lowest BCUT2D eigenvalue weighted by Gasteiger charge is -2.19. The van der Waals surface area contributed by atoms with Gasteiger partial charge in [0, 0.05) is 35.2 Å². The number of rotatable bonds is 3. The Morgan fingerprint density at radius 3 is 2.69 bits per heavy atom. The summed E-state index contributed by atoms with van der Waals surface area (Å²) in [4.78, 5) is 18.8. The van der Waals surface area contributed by atoms with Gasteiger partial charge in [-0.25, -0.2) is 0 Å². The van der Waals surface area contributed by atoms with E-state index in [4.69, 9.17) is 16.1 Å². The number of nitrogens with zero attached hydrogens (tertiary/aromatic N) is 3. The van der Waals surface area contributed by atoms with Crippen LogP contribution < -0.4 is 4.90 Å². The molecule has 1 atom stereocenters. The summed E-state index contributed by atoms with van der Waals surface area (Å²) in [7, 11) is 0. The molecule has 132 valence electrons. The fraction of sp³-hybridized carbons (Fsp3) is 0.250. The van der Waals surface area contributed by atoms with E-state index in [1.165, 1.54) is 5.56 Å². The smallest absolute Gasteiger partial charge is 0.257 e. The van der Waals surface area contributed by atoms with Crippen LogP contribution in [0.1, 0.15) is 29.3 Å². The van der Waals surface area contributed by atoms with E-state index in [1.807, 2.05) is 56.3 Å². The maximum atomic E-state index is 12.5. The van der Waals surface area contributed by atoms with Crippen LogP contribution in [0.15, 0.2) is 47.0 Å². The van der Waals surface area contributed by atoms with Crippen LogP contribution in [0.4, 0.5) is 5.69 Å². The molecule has 4 rings (SSSR count). The molecule has 2 aromatic carbocycles. The van der Waals surface area contributed by atoms with E-state index in [-0.39, 0.29) is 11.8 Å². The molecule has 0 bridgehead atoms. The van der Waals surface area contributed by atoms with Crippen molar-refractivity contribution in [2.45, 2.75) is 26.2 Å². The Balaban J connectivity index is 1.58. The number of halogens is 1. The van der Waals surface area contributed by atoms with Gasteiger partial charge < -0.3 is 9.42 Å². The first-order valence-corrected chi connectivity index (χ1v) is 8.86. The lowest BCUT2D eigenvalue weighted by molar-refractivity contribution is -0.117. The molecule has 1 fully saturated rings. The van der Waals surface area contributed by atoms with Gasteiger partial charge in [0.15, 0.2) is 5.82 Å². The maximum Gasteiger partial charge on any atom is 0.257 e. The summed E-state index contributed by atoms with van der Waals surface area (Å²) < 4.78 is 5.41. The first-order chi connectivity index (χ1) is 12.5. The molecular formula is C20H18ClN3O2. The van der Waals surface area contributed by atoms with Crippen LogP contribution in [0.2, 0.25) is 5.02 Å². The monoisotopic (exact) mass is 367 g/mol. The van der Waals surface area contributed by atoms with E-state index < -0.39 is 0 Å². The summed E-state index contributed by atoms with van der Waals surface area (Å²) in [6.07, 6.45) is 0.360. The molecule has 6 heteroatoms. The number of carbonyl (C=O) groups is 1. The van der Waals surface area contributed by atoms with Crippen molar-refractivity contribution in [3.05, 3.63) is 64.4 Å². The van der Waals surface area contributed by atoms with Crippen molar-refractivity contribution in [3.8, 4) is 11.5 Å². The lowest BCUT2D eigenvalue weighted by atomic mass is 10.1. The number of carbonyl (C=O) groups excluding carboxylic acids is 1. The van der Waals surface area contributed by atoms with Crippen molar-refractivity contribution in [2.75, 3.05) is 11.4 Å². The third-order valence-electron chi connectivity index (χ3n) is 4.69. The number of anilines is 1. The molecule has 0 N–H and O–H groups in total. The van der Waals surface area contributed by atoms with E-state index in [1.54, 1.807) is 4.90 Å². The van der Waals surface area contributed by atoms with Gasteiger partial charge in [-0.2, -0.15) is 4.98 Å². The van der Waals surface area contributed by atoms with Crippen LogP contribution in [0.5, 0.6) is 0 Å². The van der Waals surface area contributed by atoms with Gasteiger partial charge in [-0.05, 0) is 43.7 Å². The minimum atomic E-state index is -0.0937. The molecule has 0 spiro atoms. The quantitative estimate of drug-likeness (QED) is 0.682. The Bertz CT molecular complexity index is 965. The predicted octanol–water partition coefficient (Wildman–Crippen LogP) is 4.53. The van der Waals surface area contributed by atoms with Gasteiger partial charge >= 0.3 is 0 Å². The highest BCUT2D eigenvalue weighted by Gasteiger charge is 2.35. The van der Waals surface area contributed by atoms with E-state index in [0.717, 1.165) is 16.8 Å². The molecular weight excluding hydrogens is 350 g/mol. The number of hydrogen-bond donors (Lipinski definition) is 0. The molecule has 1 unspecified atom stereocenters. The number of benzene rings is 2. The van der Waals surface area contributed by atoms with Crippen LogP contribution in [-0.4, -0.2) is 22.6 Å². The molecule has 1 aliphatic heterocycles. The number of amides is 1. The average Bonchev–Trinajstić information content (AvgIpc) is 3.25. The third kappa shape index (κ3) is 3.10. The second-order valence-corrected chi connectivity index (χ2v) is 7.10. The van der Waals surface area contributed by atoms with Crippen molar-refractivity contribution in [1.82, 2.24) is 10.1 Å². The van der Waals surface area contributed by atoms with Crippen LogP contribution in [0.25, 0.3) is 11.5 Å². The Morgan fingerprint density at radius 1 is 1.15 bits per heavy atom. The van der Waals surface area contributed by atoms with E-state index in [9.17, 15) is 4.79 Å². The molecule has 1 aliphatic rings. The van der Waals surface area contributed by atoms with E-state index in [0.29, 0.717) is 29.7 Å². The standard InChI is InChI=1S/C20H18ClN3O2/c1-12-3-6-14(7-4-12)20-22-19(23-26-20)15-9-18(25)24(11-15)17-10-16(21)8-5-13(17)2/h3-8,10,15H,9,11H2,1-2H3. The third-order valence-corrected chi connectivity index (χ3v) is 4.93. The predicted molar refractivity (Wildman–Crippen MR) is 100 cm³/mol. The molecule has 1 saturated heterocycles. The van der Waals surface area contributed by atoms with Crippen molar-refractivity contribution in [2.24, 2.45) is 0 Å². The number of hydrogen-bond acceptors (Lipinski definition) is 4. The van der Waals surface area contributed by atoms with Gasteiger partial charge in [0.2, 0.25) is 5.91 Å². The highest BCUT2D eigenvalue weighted by Crippen LogP contribution is 2.34.